The van der Waals surface area contributed by atoms with E-state index >= 15 is 0 Å². The summed E-state index contributed by atoms with van der Waals surface area (Å²) < 4.78 is 5.49. The normalized spacial score (nSPS) is 23.5. The Hall–Kier alpha value is -2.44. The van der Waals surface area contributed by atoms with Crippen LogP contribution in [0.25, 0.3) is 0 Å². The number of aliphatic carboxylic acids is 1. The third kappa shape index (κ3) is 7.29. The lowest BCUT2D eigenvalue weighted by Gasteiger charge is -2.17. The fraction of sp³-hybridized carbons (Fsp3) is 0.455. The van der Waals surface area contributed by atoms with Gasteiger partial charge in [0.25, 0.3) is 0 Å². The molecule has 0 amide bonds. The second-order valence-electron chi connectivity index (χ2n) is 6.99. The van der Waals surface area contributed by atoms with Crippen LogP contribution in [-0.4, -0.2) is 45.9 Å². The minimum Gasteiger partial charge on any atom is -0.491 e. The molecule has 0 saturated heterocycles. The van der Waals surface area contributed by atoms with Gasteiger partial charge < -0.3 is 20.1 Å². The maximum absolute atomic E-state index is 12.2. The SMILES string of the molecule is O=C(O)CCC/C=C/CC1C(=O)CC(O)C1/C=C/C(O)COc1ccccc1. The number of aliphatic hydroxyl groups excluding tert-OH is 2. The van der Waals surface area contributed by atoms with Crippen molar-refractivity contribution in [1.29, 1.82) is 0 Å². The molecule has 0 spiro atoms. The van der Waals surface area contributed by atoms with Gasteiger partial charge in [0, 0.05) is 24.7 Å². The van der Waals surface area contributed by atoms with E-state index in [0.29, 0.717) is 25.0 Å². The minimum atomic E-state index is -0.838. The Morgan fingerprint density at radius 3 is 2.71 bits per heavy atom. The number of aliphatic hydroxyl groups is 2. The van der Waals surface area contributed by atoms with E-state index in [1.54, 1.807) is 24.3 Å². The molecule has 1 aromatic carbocycles. The number of unbranched alkanes of at least 4 members (excludes halogenated alkanes) is 1. The van der Waals surface area contributed by atoms with Gasteiger partial charge in [-0.05, 0) is 31.4 Å². The first-order chi connectivity index (χ1) is 13.5. The molecule has 1 fully saturated rings. The number of carbonyl (C=O) groups is 2. The van der Waals surface area contributed by atoms with Crippen molar-refractivity contribution in [2.45, 2.75) is 44.3 Å². The Bertz CT molecular complexity index is 682. The Kier molecular flexibility index (Phi) is 8.91. The fourth-order valence-electron chi connectivity index (χ4n) is 3.27. The summed E-state index contributed by atoms with van der Waals surface area (Å²) in [5, 5.41) is 28.9. The monoisotopic (exact) mass is 388 g/mol. The van der Waals surface area contributed by atoms with Crippen LogP contribution in [0.4, 0.5) is 0 Å². The first kappa shape index (κ1) is 21.9. The number of carboxylic acid groups (broad SMARTS) is 1. The number of rotatable bonds is 11. The van der Waals surface area contributed by atoms with Crippen LogP contribution in [0, 0.1) is 11.8 Å². The van der Waals surface area contributed by atoms with E-state index in [1.165, 1.54) is 0 Å². The fourth-order valence-corrected chi connectivity index (χ4v) is 3.27. The molecular formula is C22H28O6. The van der Waals surface area contributed by atoms with Gasteiger partial charge in [-0.2, -0.15) is 0 Å². The topological polar surface area (TPSA) is 104 Å². The molecule has 4 atom stereocenters. The van der Waals surface area contributed by atoms with Crippen LogP contribution < -0.4 is 4.74 Å². The molecule has 1 aromatic rings. The molecular weight excluding hydrogens is 360 g/mol. The van der Waals surface area contributed by atoms with Crippen molar-refractivity contribution in [2.24, 2.45) is 11.8 Å². The highest BCUT2D eigenvalue weighted by molar-refractivity contribution is 5.84. The van der Waals surface area contributed by atoms with Gasteiger partial charge in [-0.25, -0.2) is 0 Å². The average Bonchev–Trinajstić information content (AvgIpc) is 2.94. The van der Waals surface area contributed by atoms with Crippen LogP contribution in [0.5, 0.6) is 5.75 Å². The van der Waals surface area contributed by atoms with Gasteiger partial charge in [-0.15, -0.1) is 0 Å². The summed E-state index contributed by atoms with van der Waals surface area (Å²) in [7, 11) is 0. The van der Waals surface area contributed by atoms with Crippen molar-refractivity contribution in [3.05, 3.63) is 54.6 Å². The summed E-state index contributed by atoms with van der Waals surface area (Å²) in [6.07, 6.45) is 7.37. The molecule has 0 aliphatic heterocycles. The molecule has 1 aliphatic carbocycles. The van der Waals surface area contributed by atoms with Crippen molar-refractivity contribution < 1.29 is 29.6 Å². The standard InChI is InChI=1S/C22H28O6/c23-16(15-28-17-8-4-3-5-9-17)12-13-19-18(20(24)14-21(19)25)10-6-1-2-7-11-22(26)27/h1,3-6,8-9,12-13,16,18-19,21,23,25H,2,7,10-11,14-15H2,(H,26,27)/b6-1+,13-12+. The largest absolute Gasteiger partial charge is 0.491 e. The van der Waals surface area contributed by atoms with E-state index in [1.807, 2.05) is 30.4 Å². The third-order valence-corrected chi connectivity index (χ3v) is 4.77. The van der Waals surface area contributed by atoms with Gasteiger partial charge in [-0.3, -0.25) is 9.59 Å². The minimum absolute atomic E-state index is 0.00682. The molecule has 28 heavy (non-hydrogen) atoms. The molecule has 4 unspecified atom stereocenters. The average molecular weight is 388 g/mol. The lowest BCUT2D eigenvalue weighted by molar-refractivity contribution is -0.137. The van der Waals surface area contributed by atoms with Crippen molar-refractivity contribution in [2.75, 3.05) is 6.61 Å². The van der Waals surface area contributed by atoms with Crippen LogP contribution in [-0.2, 0) is 9.59 Å². The number of allylic oxidation sites excluding steroid dienone is 2. The Morgan fingerprint density at radius 2 is 2.00 bits per heavy atom. The molecule has 1 saturated carbocycles. The molecule has 152 valence electrons. The predicted octanol–water partition coefficient (Wildman–Crippen LogP) is 2.75. The van der Waals surface area contributed by atoms with Crippen LogP contribution in [0.15, 0.2) is 54.6 Å². The van der Waals surface area contributed by atoms with Gasteiger partial charge in [-0.1, -0.05) is 42.5 Å². The van der Waals surface area contributed by atoms with Crippen molar-refractivity contribution >= 4 is 11.8 Å². The number of carbonyl (C=O) groups excluding carboxylic acids is 1. The number of carboxylic acids is 1. The first-order valence-electron chi connectivity index (χ1n) is 9.59. The predicted molar refractivity (Wildman–Crippen MR) is 105 cm³/mol. The van der Waals surface area contributed by atoms with Crippen LogP contribution >= 0.6 is 0 Å². The molecule has 0 bridgehead atoms. The van der Waals surface area contributed by atoms with E-state index < -0.39 is 18.2 Å². The molecule has 2 rings (SSSR count). The quantitative estimate of drug-likeness (QED) is 0.398. The Labute approximate surface area is 165 Å². The van der Waals surface area contributed by atoms with E-state index in [4.69, 9.17) is 9.84 Å². The Morgan fingerprint density at radius 1 is 1.25 bits per heavy atom. The summed E-state index contributed by atoms with van der Waals surface area (Å²) >= 11 is 0. The summed E-state index contributed by atoms with van der Waals surface area (Å²) in [4.78, 5) is 22.7. The highest BCUT2D eigenvalue weighted by Crippen LogP contribution is 2.33. The van der Waals surface area contributed by atoms with Crippen LogP contribution in [0.1, 0.15) is 32.1 Å². The van der Waals surface area contributed by atoms with Crippen molar-refractivity contribution in [3.8, 4) is 5.75 Å². The van der Waals surface area contributed by atoms with Gasteiger partial charge >= 0.3 is 5.97 Å². The maximum atomic E-state index is 12.2. The maximum Gasteiger partial charge on any atom is 0.303 e. The Balaban J connectivity index is 1.82. The van der Waals surface area contributed by atoms with E-state index in [2.05, 4.69) is 0 Å². The zero-order valence-electron chi connectivity index (χ0n) is 15.8. The summed E-state index contributed by atoms with van der Waals surface area (Å²) in [6, 6.07) is 9.17. The number of hydrogen-bond acceptors (Lipinski definition) is 5. The summed E-state index contributed by atoms with van der Waals surface area (Å²) in [5.74, 6) is -0.821. The number of ketones is 1. The molecule has 0 radical (unpaired) electrons. The molecule has 3 N–H and O–H groups in total. The molecule has 0 aromatic heterocycles. The zero-order valence-corrected chi connectivity index (χ0v) is 15.8. The second-order valence-corrected chi connectivity index (χ2v) is 6.99. The smallest absolute Gasteiger partial charge is 0.303 e. The highest BCUT2D eigenvalue weighted by atomic mass is 16.5. The first-order valence-corrected chi connectivity index (χ1v) is 9.59. The van der Waals surface area contributed by atoms with Gasteiger partial charge in [0.2, 0.25) is 0 Å². The summed E-state index contributed by atoms with van der Waals surface area (Å²) in [5.41, 5.74) is 0. The number of hydrogen-bond donors (Lipinski definition) is 3. The number of benzene rings is 1. The highest BCUT2D eigenvalue weighted by Gasteiger charge is 2.39. The lowest BCUT2D eigenvalue weighted by atomic mass is 9.90. The second kappa shape index (κ2) is 11.4. The zero-order chi connectivity index (χ0) is 20.4. The van der Waals surface area contributed by atoms with Gasteiger partial charge in [0.1, 0.15) is 24.2 Å². The van der Waals surface area contributed by atoms with E-state index in [9.17, 15) is 19.8 Å². The van der Waals surface area contributed by atoms with Crippen LogP contribution in [0.2, 0.25) is 0 Å². The molecule has 6 heteroatoms. The lowest BCUT2D eigenvalue weighted by Crippen LogP contribution is -2.20. The van der Waals surface area contributed by atoms with E-state index in [-0.39, 0.29) is 37.1 Å². The molecule has 1 aliphatic rings. The summed E-state index contributed by atoms with van der Waals surface area (Å²) in [6.45, 7) is 0.0887. The molecule has 0 heterocycles. The van der Waals surface area contributed by atoms with Crippen LogP contribution in [0.3, 0.4) is 0 Å². The number of Topliss-reactive ketones (excluding diaryl/α,β-unsaturated/α-hetero) is 1. The van der Waals surface area contributed by atoms with E-state index in [0.717, 1.165) is 0 Å². The third-order valence-electron chi connectivity index (χ3n) is 4.77. The molecule has 6 nitrogen and oxygen atoms in total. The number of ether oxygens (including phenoxy) is 1. The van der Waals surface area contributed by atoms with Crippen molar-refractivity contribution in [3.63, 3.8) is 0 Å². The number of para-hydroxylation sites is 1. The van der Waals surface area contributed by atoms with Crippen molar-refractivity contribution in [1.82, 2.24) is 0 Å². The van der Waals surface area contributed by atoms with Gasteiger partial charge in [0.05, 0.1) is 6.10 Å². The van der Waals surface area contributed by atoms with Gasteiger partial charge in [0.15, 0.2) is 0 Å².